The number of nitrogens with one attached hydrogen (secondary N) is 1. The Morgan fingerprint density at radius 1 is 1.26 bits per heavy atom. The van der Waals surface area contributed by atoms with Crippen LogP contribution in [0.25, 0.3) is 6.08 Å². The van der Waals surface area contributed by atoms with Gasteiger partial charge in [0.25, 0.3) is 5.91 Å². The lowest BCUT2D eigenvalue weighted by Crippen LogP contribution is -2.39. The van der Waals surface area contributed by atoms with Crippen molar-refractivity contribution in [2.24, 2.45) is 0 Å². The number of nitrogens with zero attached hydrogens (tertiary/aromatic N) is 1. The minimum absolute atomic E-state index is 0.0557. The molecule has 4 rings (SSSR count). The van der Waals surface area contributed by atoms with Gasteiger partial charge in [0.1, 0.15) is 12.4 Å². The van der Waals surface area contributed by atoms with Crippen molar-refractivity contribution in [3.63, 3.8) is 0 Å². The van der Waals surface area contributed by atoms with Gasteiger partial charge in [0.15, 0.2) is 0 Å². The van der Waals surface area contributed by atoms with Gasteiger partial charge in [-0.3, -0.25) is 9.69 Å². The molecule has 1 saturated heterocycles. The second-order valence-corrected chi connectivity index (χ2v) is 7.62. The van der Waals surface area contributed by atoms with Gasteiger partial charge < -0.3 is 10.1 Å². The number of carbonyl (C=O) groups is 1. The molecule has 1 N–H and O–H groups in total. The summed E-state index contributed by atoms with van der Waals surface area (Å²) in [4.78, 5) is 15.1. The first-order valence-electron chi connectivity index (χ1n) is 9.33. The van der Waals surface area contributed by atoms with Gasteiger partial charge in [0.05, 0.1) is 5.57 Å². The fourth-order valence-electron chi connectivity index (χ4n) is 3.76. The van der Waals surface area contributed by atoms with Crippen LogP contribution in [0, 0.1) is 0 Å². The summed E-state index contributed by atoms with van der Waals surface area (Å²) in [5, 5.41) is 3.80. The van der Waals surface area contributed by atoms with E-state index in [1.165, 1.54) is 5.56 Å². The highest BCUT2D eigenvalue weighted by molar-refractivity contribution is 6.30. The second kappa shape index (κ2) is 7.75. The lowest BCUT2D eigenvalue weighted by molar-refractivity contribution is -0.118. The van der Waals surface area contributed by atoms with Crippen LogP contribution in [0.15, 0.2) is 54.1 Å². The summed E-state index contributed by atoms with van der Waals surface area (Å²) in [6, 6.07) is 16.4. The topological polar surface area (TPSA) is 41.6 Å². The van der Waals surface area contributed by atoms with Gasteiger partial charge in [-0.05, 0) is 43.2 Å². The van der Waals surface area contributed by atoms with Gasteiger partial charge >= 0.3 is 0 Å². The summed E-state index contributed by atoms with van der Waals surface area (Å²) in [7, 11) is 0. The van der Waals surface area contributed by atoms with Crippen molar-refractivity contribution in [3.05, 3.63) is 70.3 Å². The van der Waals surface area contributed by atoms with Crippen molar-refractivity contribution in [1.29, 1.82) is 0 Å². The highest BCUT2D eigenvalue weighted by Crippen LogP contribution is 2.29. The standard InChI is InChI=1S/C22H23ClN2O2/c1-15(16-5-3-2-4-6-16)25-10-9-20(13-25)24-22(26)18-11-17-12-19(23)7-8-21(17)27-14-18/h2-8,11-12,15,20H,9-10,13-14H2,1H3,(H,24,26). The van der Waals surface area contributed by atoms with Crippen molar-refractivity contribution in [3.8, 4) is 5.75 Å². The van der Waals surface area contributed by atoms with Gasteiger partial charge in [-0.1, -0.05) is 41.9 Å². The number of ether oxygens (including phenoxy) is 1. The molecule has 0 bridgehead atoms. The van der Waals surface area contributed by atoms with Gasteiger partial charge in [-0.15, -0.1) is 0 Å². The van der Waals surface area contributed by atoms with Crippen molar-refractivity contribution in [2.75, 3.05) is 19.7 Å². The fourth-order valence-corrected chi connectivity index (χ4v) is 3.94. The number of likely N-dealkylation sites (tertiary alicyclic amines) is 1. The number of halogens is 1. The van der Waals surface area contributed by atoms with E-state index in [1.807, 2.05) is 24.3 Å². The summed E-state index contributed by atoms with van der Waals surface area (Å²) in [6.45, 7) is 4.35. The first kappa shape index (κ1) is 18.1. The molecule has 140 valence electrons. The van der Waals surface area contributed by atoms with Crippen LogP contribution in [0.2, 0.25) is 5.02 Å². The maximum atomic E-state index is 12.7. The van der Waals surface area contributed by atoms with Crippen LogP contribution >= 0.6 is 11.6 Å². The molecule has 2 heterocycles. The Kier molecular flexibility index (Phi) is 5.19. The Morgan fingerprint density at radius 2 is 2.07 bits per heavy atom. The quantitative estimate of drug-likeness (QED) is 0.866. The highest BCUT2D eigenvalue weighted by Gasteiger charge is 2.29. The second-order valence-electron chi connectivity index (χ2n) is 7.18. The summed E-state index contributed by atoms with van der Waals surface area (Å²) in [5.74, 6) is 0.708. The Hall–Kier alpha value is -2.30. The van der Waals surface area contributed by atoms with Crippen LogP contribution < -0.4 is 10.1 Å². The smallest absolute Gasteiger partial charge is 0.250 e. The maximum Gasteiger partial charge on any atom is 0.250 e. The Bertz CT molecular complexity index is 866. The molecule has 1 amide bonds. The highest BCUT2D eigenvalue weighted by atomic mass is 35.5. The van der Waals surface area contributed by atoms with Crippen molar-refractivity contribution in [2.45, 2.75) is 25.4 Å². The van der Waals surface area contributed by atoms with E-state index in [9.17, 15) is 4.79 Å². The number of rotatable bonds is 4. The number of carbonyl (C=O) groups excluding carboxylic acids is 1. The number of hydrogen-bond donors (Lipinski definition) is 1. The largest absolute Gasteiger partial charge is 0.488 e. The summed E-state index contributed by atoms with van der Waals surface area (Å²) < 4.78 is 5.70. The van der Waals surface area contributed by atoms with Crippen molar-refractivity contribution in [1.82, 2.24) is 10.2 Å². The lowest BCUT2D eigenvalue weighted by Gasteiger charge is -2.25. The van der Waals surface area contributed by atoms with E-state index in [-0.39, 0.29) is 18.6 Å². The third-order valence-corrected chi connectivity index (χ3v) is 5.60. The maximum absolute atomic E-state index is 12.7. The summed E-state index contributed by atoms with van der Waals surface area (Å²) in [6.07, 6.45) is 2.83. The van der Waals surface area contributed by atoms with Crippen LogP contribution in [0.3, 0.4) is 0 Å². The predicted octanol–water partition coefficient (Wildman–Crippen LogP) is 4.07. The molecule has 4 nitrogen and oxygen atoms in total. The molecule has 5 heteroatoms. The molecule has 27 heavy (non-hydrogen) atoms. The number of fused-ring (bicyclic) bond motifs is 1. The minimum atomic E-state index is -0.0557. The van der Waals surface area contributed by atoms with Crippen LogP contribution in [0.4, 0.5) is 0 Å². The Morgan fingerprint density at radius 3 is 2.89 bits per heavy atom. The predicted molar refractivity (Wildman–Crippen MR) is 108 cm³/mol. The van der Waals surface area contributed by atoms with E-state index in [1.54, 1.807) is 6.07 Å². The van der Waals surface area contributed by atoms with Crippen LogP contribution in [0.5, 0.6) is 5.75 Å². The van der Waals surface area contributed by atoms with E-state index in [0.29, 0.717) is 16.6 Å². The van der Waals surface area contributed by atoms with Crippen LogP contribution in [0.1, 0.15) is 30.5 Å². The molecule has 0 radical (unpaired) electrons. The van der Waals surface area contributed by atoms with Crippen molar-refractivity contribution < 1.29 is 9.53 Å². The van der Waals surface area contributed by atoms with Crippen LogP contribution in [-0.2, 0) is 4.79 Å². The first-order valence-corrected chi connectivity index (χ1v) is 9.71. The molecule has 1 fully saturated rings. The van der Waals surface area contributed by atoms with E-state index in [4.69, 9.17) is 16.3 Å². The zero-order chi connectivity index (χ0) is 18.8. The molecule has 0 aliphatic carbocycles. The zero-order valence-electron chi connectivity index (χ0n) is 15.3. The average molecular weight is 383 g/mol. The molecule has 0 spiro atoms. The fraction of sp³-hybridized carbons (Fsp3) is 0.318. The minimum Gasteiger partial charge on any atom is -0.488 e. The molecule has 2 atom stereocenters. The van der Waals surface area contributed by atoms with E-state index >= 15 is 0 Å². The third kappa shape index (κ3) is 4.02. The van der Waals surface area contributed by atoms with Gasteiger partial charge in [-0.2, -0.15) is 0 Å². The summed E-state index contributed by atoms with van der Waals surface area (Å²) >= 11 is 6.05. The van der Waals surface area contributed by atoms with E-state index < -0.39 is 0 Å². The van der Waals surface area contributed by atoms with Gasteiger partial charge in [0.2, 0.25) is 0 Å². The lowest BCUT2D eigenvalue weighted by atomic mass is 10.1. The molecule has 2 aliphatic rings. The number of amides is 1. The first-order chi connectivity index (χ1) is 13.1. The number of benzene rings is 2. The molecule has 2 aromatic rings. The monoisotopic (exact) mass is 382 g/mol. The molecule has 2 aromatic carbocycles. The molecular formula is C22H23ClN2O2. The normalized spacial score (nSPS) is 20.4. The zero-order valence-corrected chi connectivity index (χ0v) is 16.1. The van der Waals surface area contributed by atoms with Crippen molar-refractivity contribution >= 4 is 23.6 Å². The van der Waals surface area contributed by atoms with E-state index in [2.05, 4.69) is 41.4 Å². The SMILES string of the molecule is CC(c1ccccc1)N1CCC(NC(=O)C2=Cc3cc(Cl)ccc3OC2)C1. The molecule has 2 aliphatic heterocycles. The number of hydrogen-bond acceptors (Lipinski definition) is 3. The Balaban J connectivity index is 1.38. The Labute approximate surface area is 164 Å². The van der Waals surface area contributed by atoms with E-state index in [0.717, 1.165) is 30.8 Å². The average Bonchev–Trinajstić information content (AvgIpc) is 3.16. The molecule has 0 aromatic heterocycles. The van der Waals surface area contributed by atoms with Gasteiger partial charge in [-0.25, -0.2) is 0 Å². The third-order valence-electron chi connectivity index (χ3n) is 5.36. The molecule has 2 unspecified atom stereocenters. The molecular weight excluding hydrogens is 360 g/mol. The van der Waals surface area contributed by atoms with Gasteiger partial charge in [0, 0.05) is 35.8 Å². The summed E-state index contributed by atoms with van der Waals surface area (Å²) in [5.41, 5.74) is 2.80. The van der Waals surface area contributed by atoms with Crippen LogP contribution in [-0.4, -0.2) is 36.5 Å². The molecule has 0 saturated carbocycles.